The summed E-state index contributed by atoms with van der Waals surface area (Å²) in [6, 6.07) is 10.3. The largest absolute Gasteiger partial charge is 0.573 e. The molecule has 2 aromatic carbocycles. The van der Waals surface area contributed by atoms with E-state index in [0.29, 0.717) is 37.4 Å². The smallest absolute Gasteiger partial charge is 0.493 e. The molecule has 0 aliphatic carbocycles. The Morgan fingerprint density at radius 1 is 1.03 bits per heavy atom. The molecular formula is C24H22F3N3O5. The van der Waals surface area contributed by atoms with Gasteiger partial charge in [-0.3, -0.25) is 19.7 Å². The van der Waals surface area contributed by atoms with Crippen LogP contribution in [-0.4, -0.2) is 54.7 Å². The molecule has 0 spiro atoms. The number of hydrogen-bond acceptors (Lipinski definition) is 6. The van der Waals surface area contributed by atoms with E-state index >= 15 is 0 Å². The van der Waals surface area contributed by atoms with E-state index in [2.05, 4.69) is 10.1 Å². The highest BCUT2D eigenvalue weighted by atomic mass is 19.4. The third-order valence-corrected chi connectivity index (χ3v) is 6.41. The molecule has 2 aromatic rings. The Balaban J connectivity index is 1.16. The van der Waals surface area contributed by atoms with Crippen LogP contribution in [0.3, 0.4) is 0 Å². The molecule has 0 radical (unpaired) electrons. The molecular weight excluding hydrogens is 467 g/mol. The van der Waals surface area contributed by atoms with Crippen LogP contribution < -0.4 is 19.7 Å². The molecule has 0 aromatic heterocycles. The van der Waals surface area contributed by atoms with Crippen LogP contribution in [0.2, 0.25) is 0 Å². The highest BCUT2D eigenvalue weighted by Gasteiger charge is 2.40. The average molecular weight is 489 g/mol. The van der Waals surface area contributed by atoms with Crippen molar-refractivity contribution in [3.05, 3.63) is 53.6 Å². The number of carbonyl (C=O) groups excluding carboxylic acids is 3. The molecule has 35 heavy (non-hydrogen) atoms. The lowest BCUT2D eigenvalue weighted by Gasteiger charge is -2.41. The van der Waals surface area contributed by atoms with Gasteiger partial charge in [-0.25, -0.2) is 0 Å². The summed E-state index contributed by atoms with van der Waals surface area (Å²) in [6.45, 7) is 2.00. The Morgan fingerprint density at radius 2 is 1.77 bits per heavy atom. The number of benzene rings is 2. The van der Waals surface area contributed by atoms with Crippen LogP contribution in [0.25, 0.3) is 0 Å². The van der Waals surface area contributed by atoms with Gasteiger partial charge in [0.2, 0.25) is 11.8 Å². The molecule has 11 heteroatoms. The van der Waals surface area contributed by atoms with E-state index < -0.39 is 18.3 Å². The number of amides is 3. The fourth-order valence-corrected chi connectivity index (χ4v) is 4.64. The lowest BCUT2D eigenvalue weighted by atomic mass is 10.00. The molecule has 184 valence electrons. The van der Waals surface area contributed by atoms with Gasteiger partial charge in [0.1, 0.15) is 17.5 Å². The first kappa shape index (κ1) is 23.0. The highest BCUT2D eigenvalue weighted by Crippen LogP contribution is 2.35. The zero-order valence-corrected chi connectivity index (χ0v) is 18.5. The Bertz CT molecular complexity index is 1160. The normalized spacial score (nSPS) is 20.4. The van der Waals surface area contributed by atoms with E-state index in [1.54, 1.807) is 30.3 Å². The second kappa shape index (κ2) is 8.79. The fraction of sp³-hybridized carbons (Fsp3) is 0.375. The second-order valence-electron chi connectivity index (χ2n) is 8.81. The Labute approximate surface area is 198 Å². The third-order valence-electron chi connectivity index (χ3n) is 6.41. The maximum absolute atomic E-state index is 12.9. The SMILES string of the molecule is O=C1CCC(N2Cc3c(OCC4CN(c5ccc(OC(F)(F)F)cc5)C4)cccc3C2=O)C(=O)N1. The van der Waals surface area contributed by atoms with Crippen molar-refractivity contribution in [2.24, 2.45) is 5.92 Å². The first-order chi connectivity index (χ1) is 16.7. The van der Waals surface area contributed by atoms with Crippen LogP contribution in [0.4, 0.5) is 18.9 Å². The van der Waals surface area contributed by atoms with E-state index in [0.717, 1.165) is 11.3 Å². The van der Waals surface area contributed by atoms with Gasteiger partial charge in [-0.1, -0.05) is 6.07 Å². The van der Waals surface area contributed by atoms with Crippen LogP contribution >= 0.6 is 0 Å². The monoisotopic (exact) mass is 489 g/mol. The number of ether oxygens (including phenoxy) is 2. The minimum Gasteiger partial charge on any atom is -0.493 e. The van der Waals surface area contributed by atoms with Crippen LogP contribution in [0.15, 0.2) is 42.5 Å². The maximum atomic E-state index is 12.9. The van der Waals surface area contributed by atoms with Gasteiger partial charge in [-0.15, -0.1) is 13.2 Å². The summed E-state index contributed by atoms with van der Waals surface area (Å²) in [5.74, 6) is -0.525. The lowest BCUT2D eigenvalue weighted by molar-refractivity contribution is -0.274. The standard InChI is InChI=1S/C24H22F3N3O5/c25-24(26,27)35-16-6-4-15(5-7-16)29-10-14(11-29)13-34-20-3-1-2-17-18(20)12-30(23(17)33)19-8-9-21(31)28-22(19)32/h1-7,14,19H,8-13H2,(H,28,31,32). The van der Waals surface area contributed by atoms with Crippen molar-refractivity contribution < 1.29 is 37.0 Å². The molecule has 3 heterocycles. The molecule has 5 rings (SSSR count). The number of alkyl halides is 3. The average Bonchev–Trinajstić information content (AvgIpc) is 3.10. The van der Waals surface area contributed by atoms with Crippen molar-refractivity contribution in [3.63, 3.8) is 0 Å². The molecule has 1 N–H and O–H groups in total. The summed E-state index contributed by atoms with van der Waals surface area (Å²) < 4.78 is 46.9. The van der Waals surface area contributed by atoms with Gasteiger partial charge in [0.05, 0.1) is 13.2 Å². The predicted octanol–water partition coefficient (Wildman–Crippen LogP) is 2.86. The van der Waals surface area contributed by atoms with Gasteiger partial charge in [0.15, 0.2) is 0 Å². The number of anilines is 1. The van der Waals surface area contributed by atoms with Crippen LogP contribution in [-0.2, 0) is 16.1 Å². The lowest BCUT2D eigenvalue weighted by Crippen LogP contribution is -2.52. The molecule has 3 aliphatic rings. The van der Waals surface area contributed by atoms with Crippen molar-refractivity contribution >= 4 is 23.4 Å². The number of rotatable bonds is 6. The predicted molar refractivity (Wildman–Crippen MR) is 117 cm³/mol. The van der Waals surface area contributed by atoms with Crippen molar-refractivity contribution in [2.45, 2.75) is 31.8 Å². The van der Waals surface area contributed by atoms with Gasteiger partial charge in [0, 0.05) is 42.2 Å². The van der Waals surface area contributed by atoms with Gasteiger partial charge >= 0.3 is 6.36 Å². The van der Waals surface area contributed by atoms with Crippen LogP contribution in [0, 0.1) is 5.92 Å². The zero-order chi connectivity index (χ0) is 24.7. The van der Waals surface area contributed by atoms with E-state index in [1.807, 2.05) is 4.90 Å². The van der Waals surface area contributed by atoms with E-state index in [1.165, 1.54) is 17.0 Å². The number of nitrogens with zero attached hydrogens (tertiary/aromatic N) is 2. The summed E-state index contributed by atoms with van der Waals surface area (Å²) >= 11 is 0. The van der Waals surface area contributed by atoms with Gasteiger partial charge in [-0.2, -0.15) is 0 Å². The number of hydrogen-bond donors (Lipinski definition) is 1. The molecule has 0 saturated carbocycles. The first-order valence-electron chi connectivity index (χ1n) is 11.2. The molecule has 0 bridgehead atoms. The summed E-state index contributed by atoms with van der Waals surface area (Å²) in [4.78, 5) is 40.1. The van der Waals surface area contributed by atoms with E-state index in [-0.39, 0.29) is 36.4 Å². The molecule has 8 nitrogen and oxygen atoms in total. The molecule has 1 atom stereocenters. The minimum atomic E-state index is -4.72. The van der Waals surface area contributed by atoms with Crippen molar-refractivity contribution in [2.75, 3.05) is 24.6 Å². The van der Waals surface area contributed by atoms with Crippen molar-refractivity contribution in [3.8, 4) is 11.5 Å². The van der Waals surface area contributed by atoms with Crippen molar-refractivity contribution in [1.29, 1.82) is 0 Å². The summed E-state index contributed by atoms with van der Waals surface area (Å²) in [7, 11) is 0. The van der Waals surface area contributed by atoms with E-state index in [9.17, 15) is 27.6 Å². The molecule has 2 saturated heterocycles. The number of nitrogens with one attached hydrogen (secondary N) is 1. The Morgan fingerprint density at radius 3 is 2.46 bits per heavy atom. The van der Waals surface area contributed by atoms with Crippen LogP contribution in [0.1, 0.15) is 28.8 Å². The Kier molecular flexibility index (Phi) is 5.78. The topological polar surface area (TPSA) is 88.2 Å². The zero-order valence-electron chi connectivity index (χ0n) is 18.5. The van der Waals surface area contributed by atoms with Crippen molar-refractivity contribution in [1.82, 2.24) is 10.2 Å². The molecule has 3 amide bonds. The number of halogens is 3. The molecule has 3 aliphatic heterocycles. The third kappa shape index (κ3) is 4.75. The van der Waals surface area contributed by atoms with E-state index in [4.69, 9.17) is 4.74 Å². The number of imide groups is 1. The highest BCUT2D eigenvalue weighted by molar-refractivity contribution is 6.05. The minimum absolute atomic E-state index is 0.191. The van der Waals surface area contributed by atoms with Gasteiger partial charge in [0.25, 0.3) is 5.91 Å². The maximum Gasteiger partial charge on any atom is 0.573 e. The number of fused-ring (bicyclic) bond motifs is 1. The van der Waals surface area contributed by atoms with Gasteiger partial charge < -0.3 is 19.3 Å². The summed E-state index contributed by atoms with van der Waals surface area (Å²) in [6.07, 6.45) is -4.24. The number of piperidine rings is 1. The molecule has 1 unspecified atom stereocenters. The fourth-order valence-electron chi connectivity index (χ4n) is 4.64. The first-order valence-corrected chi connectivity index (χ1v) is 11.2. The van der Waals surface area contributed by atoms with Crippen LogP contribution in [0.5, 0.6) is 11.5 Å². The Hall–Kier alpha value is -3.76. The summed E-state index contributed by atoms with van der Waals surface area (Å²) in [5.41, 5.74) is 2.00. The number of carbonyl (C=O) groups is 3. The summed E-state index contributed by atoms with van der Waals surface area (Å²) in [5, 5.41) is 2.29. The molecule has 2 fully saturated rings. The second-order valence-corrected chi connectivity index (χ2v) is 8.81. The quantitative estimate of drug-likeness (QED) is 0.628. The van der Waals surface area contributed by atoms with Gasteiger partial charge in [-0.05, 0) is 42.8 Å².